The van der Waals surface area contributed by atoms with Crippen molar-refractivity contribution >= 4 is 58.4 Å². The van der Waals surface area contributed by atoms with Gasteiger partial charge in [0.1, 0.15) is 16.3 Å². The molecule has 1 aliphatic heterocycles. The van der Waals surface area contributed by atoms with E-state index in [2.05, 4.69) is 5.32 Å². The molecule has 10 heteroatoms. The van der Waals surface area contributed by atoms with Gasteiger partial charge in [0.05, 0.1) is 11.8 Å². The van der Waals surface area contributed by atoms with Crippen molar-refractivity contribution in [2.45, 2.75) is 0 Å². The first-order chi connectivity index (χ1) is 11.9. The van der Waals surface area contributed by atoms with Crippen LogP contribution in [0.25, 0.3) is 6.08 Å². The molecule has 126 valence electrons. The summed E-state index contributed by atoms with van der Waals surface area (Å²) < 4.78 is 4.95. The number of nitrogens with zero attached hydrogens (tertiary/aromatic N) is 2. The van der Waals surface area contributed by atoms with E-state index in [1.807, 2.05) is 0 Å². The first kappa shape index (κ1) is 16.8. The van der Waals surface area contributed by atoms with Crippen LogP contribution in [0.3, 0.4) is 0 Å². The molecule has 2 aromatic rings. The standard InChI is InChI=1S/C15H8ClN3O5S/c16-8-2-1-3-9(6-8)18-14(21)11(13(20)17-15(18)25)7-10-4-5-12(24-10)19(22)23/h1-7H,(H,17,20,25)/b11-7+. The number of hydrogen-bond acceptors (Lipinski definition) is 6. The highest BCUT2D eigenvalue weighted by molar-refractivity contribution is 7.80. The zero-order chi connectivity index (χ0) is 18.1. The molecule has 1 aromatic heterocycles. The predicted octanol–water partition coefficient (Wildman–Crippen LogP) is 2.67. The van der Waals surface area contributed by atoms with E-state index in [-0.39, 0.29) is 16.4 Å². The van der Waals surface area contributed by atoms with E-state index in [4.69, 9.17) is 28.2 Å². The van der Waals surface area contributed by atoms with Crippen LogP contribution in [0.2, 0.25) is 5.02 Å². The van der Waals surface area contributed by atoms with Crippen molar-refractivity contribution in [2.75, 3.05) is 4.90 Å². The van der Waals surface area contributed by atoms with Crippen molar-refractivity contribution in [3.05, 3.63) is 62.9 Å². The number of anilines is 1. The molecule has 0 unspecified atom stereocenters. The van der Waals surface area contributed by atoms with Gasteiger partial charge in [0.25, 0.3) is 11.8 Å². The molecule has 1 N–H and O–H groups in total. The van der Waals surface area contributed by atoms with Gasteiger partial charge in [-0.15, -0.1) is 0 Å². The maximum absolute atomic E-state index is 12.7. The van der Waals surface area contributed by atoms with Gasteiger partial charge in [0.15, 0.2) is 5.11 Å². The van der Waals surface area contributed by atoms with E-state index < -0.39 is 22.6 Å². The maximum atomic E-state index is 12.7. The van der Waals surface area contributed by atoms with Crippen LogP contribution < -0.4 is 10.2 Å². The Hall–Kier alpha value is -3.04. The minimum Gasteiger partial charge on any atom is -0.401 e. The Morgan fingerprint density at radius 2 is 2.04 bits per heavy atom. The summed E-state index contributed by atoms with van der Waals surface area (Å²) in [5, 5.41) is 13.3. The molecule has 1 fully saturated rings. The molecule has 0 atom stereocenters. The fourth-order valence-electron chi connectivity index (χ4n) is 2.17. The molecule has 1 saturated heterocycles. The number of carbonyl (C=O) groups is 2. The number of benzene rings is 1. The Labute approximate surface area is 150 Å². The third-order valence-corrected chi connectivity index (χ3v) is 3.77. The Morgan fingerprint density at radius 1 is 1.28 bits per heavy atom. The first-order valence-electron chi connectivity index (χ1n) is 6.78. The number of furan rings is 1. The average molecular weight is 378 g/mol. The summed E-state index contributed by atoms with van der Waals surface area (Å²) in [4.78, 5) is 35.8. The second-order valence-electron chi connectivity index (χ2n) is 4.87. The fourth-order valence-corrected chi connectivity index (χ4v) is 2.63. The minimum atomic E-state index is -0.729. The van der Waals surface area contributed by atoms with Crippen LogP contribution in [0.4, 0.5) is 11.6 Å². The monoisotopic (exact) mass is 377 g/mol. The van der Waals surface area contributed by atoms with Gasteiger partial charge in [0.2, 0.25) is 0 Å². The Kier molecular flexibility index (Phi) is 4.34. The maximum Gasteiger partial charge on any atom is 0.433 e. The topological polar surface area (TPSA) is 106 Å². The van der Waals surface area contributed by atoms with Gasteiger partial charge >= 0.3 is 5.88 Å². The van der Waals surface area contributed by atoms with Crippen molar-refractivity contribution < 1.29 is 18.9 Å². The molecule has 0 bridgehead atoms. The van der Waals surface area contributed by atoms with E-state index in [0.29, 0.717) is 10.7 Å². The number of hydrogen-bond donors (Lipinski definition) is 1. The zero-order valence-electron chi connectivity index (χ0n) is 12.3. The van der Waals surface area contributed by atoms with Gasteiger partial charge < -0.3 is 4.42 Å². The van der Waals surface area contributed by atoms with E-state index in [1.54, 1.807) is 18.2 Å². The molecule has 0 radical (unpaired) electrons. The van der Waals surface area contributed by atoms with Crippen molar-refractivity contribution in [1.82, 2.24) is 5.32 Å². The lowest BCUT2D eigenvalue weighted by molar-refractivity contribution is -0.402. The molecule has 0 saturated carbocycles. The third-order valence-electron chi connectivity index (χ3n) is 3.25. The molecule has 2 amide bonds. The SMILES string of the molecule is O=C1NC(=S)N(c2cccc(Cl)c2)C(=O)/C1=C/c1ccc([N+](=O)[O-])o1. The minimum absolute atomic E-state index is 0.0101. The summed E-state index contributed by atoms with van der Waals surface area (Å²) in [6, 6.07) is 8.77. The van der Waals surface area contributed by atoms with Crippen LogP contribution in [-0.4, -0.2) is 21.9 Å². The van der Waals surface area contributed by atoms with E-state index in [9.17, 15) is 19.7 Å². The summed E-state index contributed by atoms with van der Waals surface area (Å²) >= 11 is 11.0. The third kappa shape index (κ3) is 3.28. The Balaban J connectivity index is 2.00. The van der Waals surface area contributed by atoms with Gasteiger partial charge in [0, 0.05) is 5.02 Å². The van der Waals surface area contributed by atoms with Crippen molar-refractivity contribution in [2.24, 2.45) is 0 Å². The number of nitrogens with one attached hydrogen (secondary N) is 1. The van der Waals surface area contributed by atoms with Crippen LogP contribution in [-0.2, 0) is 9.59 Å². The van der Waals surface area contributed by atoms with Gasteiger partial charge in [-0.05, 0) is 42.6 Å². The highest BCUT2D eigenvalue weighted by Gasteiger charge is 2.35. The average Bonchev–Trinajstić information content (AvgIpc) is 3.00. The van der Waals surface area contributed by atoms with Crippen LogP contribution in [0.5, 0.6) is 0 Å². The van der Waals surface area contributed by atoms with Crippen molar-refractivity contribution in [3.8, 4) is 0 Å². The zero-order valence-corrected chi connectivity index (χ0v) is 13.8. The second kappa shape index (κ2) is 6.46. The Morgan fingerprint density at radius 3 is 2.68 bits per heavy atom. The lowest BCUT2D eigenvalue weighted by Gasteiger charge is -2.28. The molecule has 2 heterocycles. The number of halogens is 1. The number of rotatable bonds is 3. The number of carbonyl (C=O) groups excluding carboxylic acids is 2. The van der Waals surface area contributed by atoms with E-state index in [0.717, 1.165) is 17.0 Å². The largest absolute Gasteiger partial charge is 0.433 e. The molecule has 1 aromatic carbocycles. The van der Waals surface area contributed by atoms with E-state index in [1.165, 1.54) is 12.1 Å². The van der Waals surface area contributed by atoms with Crippen molar-refractivity contribution in [1.29, 1.82) is 0 Å². The molecule has 25 heavy (non-hydrogen) atoms. The summed E-state index contributed by atoms with van der Waals surface area (Å²) in [6.07, 6.45) is 1.12. The second-order valence-corrected chi connectivity index (χ2v) is 5.69. The fraction of sp³-hybridized carbons (Fsp3) is 0. The molecular weight excluding hydrogens is 370 g/mol. The van der Waals surface area contributed by atoms with Crippen molar-refractivity contribution in [3.63, 3.8) is 0 Å². The molecule has 0 spiro atoms. The smallest absolute Gasteiger partial charge is 0.401 e. The Bertz CT molecular complexity index is 952. The normalized spacial score (nSPS) is 16.3. The molecule has 0 aliphatic carbocycles. The summed E-state index contributed by atoms with van der Waals surface area (Å²) in [6.45, 7) is 0. The lowest BCUT2D eigenvalue weighted by Crippen LogP contribution is -2.54. The quantitative estimate of drug-likeness (QED) is 0.290. The summed E-state index contributed by atoms with van der Waals surface area (Å²) in [5.41, 5.74) is 0.0941. The number of amides is 2. The first-order valence-corrected chi connectivity index (χ1v) is 7.56. The predicted molar refractivity (Wildman–Crippen MR) is 93.0 cm³/mol. The molecule has 3 rings (SSSR count). The van der Waals surface area contributed by atoms with Crippen LogP contribution in [0.15, 0.2) is 46.4 Å². The van der Waals surface area contributed by atoms with Gasteiger partial charge in [-0.3, -0.25) is 29.9 Å². The molecular formula is C15H8ClN3O5S. The van der Waals surface area contributed by atoms with Gasteiger partial charge in [-0.1, -0.05) is 17.7 Å². The van der Waals surface area contributed by atoms with Gasteiger partial charge in [-0.25, -0.2) is 0 Å². The highest BCUT2D eigenvalue weighted by atomic mass is 35.5. The van der Waals surface area contributed by atoms with Gasteiger partial charge in [-0.2, -0.15) is 0 Å². The highest BCUT2D eigenvalue weighted by Crippen LogP contribution is 2.25. The number of nitro groups is 1. The summed E-state index contributed by atoms with van der Waals surface area (Å²) in [5.74, 6) is -1.94. The molecule has 8 nitrogen and oxygen atoms in total. The van der Waals surface area contributed by atoms with Crippen LogP contribution >= 0.6 is 23.8 Å². The van der Waals surface area contributed by atoms with Crippen LogP contribution in [0.1, 0.15) is 5.76 Å². The molecule has 1 aliphatic rings. The summed E-state index contributed by atoms with van der Waals surface area (Å²) in [7, 11) is 0. The lowest BCUT2D eigenvalue weighted by atomic mass is 10.1. The number of thiocarbonyl (C=S) groups is 1. The van der Waals surface area contributed by atoms with Crippen LogP contribution in [0, 0.1) is 10.1 Å². The van der Waals surface area contributed by atoms with E-state index >= 15 is 0 Å².